The fourth-order valence-electron chi connectivity index (χ4n) is 2.11. The first-order chi connectivity index (χ1) is 10.7. The molecule has 0 fully saturated rings. The van der Waals surface area contributed by atoms with Gasteiger partial charge in [-0.1, -0.05) is 18.2 Å². The van der Waals surface area contributed by atoms with Gasteiger partial charge < -0.3 is 19.9 Å². The molecule has 0 unspecified atom stereocenters. The van der Waals surface area contributed by atoms with Gasteiger partial charge in [-0.2, -0.15) is 0 Å². The normalized spacial score (nSPS) is 10.6. The number of carbonyl (C=O) groups is 1. The molecule has 0 spiro atoms. The first-order valence-corrected chi connectivity index (χ1v) is 7.12. The lowest BCUT2D eigenvalue weighted by Gasteiger charge is -2.12. The van der Waals surface area contributed by atoms with E-state index in [0.717, 1.165) is 16.6 Å². The van der Waals surface area contributed by atoms with Crippen LogP contribution in [0, 0.1) is 0 Å². The van der Waals surface area contributed by atoms with Crippen molar-refractivity contribution in [2.24, 2.45) is 0 Å². The molecule has 0 radical (unpaired) electrons. The average molecular weight is 304 g/mol. The molecule has 0 saturated carbocycles. The topological polar surface area (TPSA) is 80.7 Å². The third-order valence-corrected chi connectivity index (χ3v) is 3.12. The summed E-state index contributed by atoms with van der Waals surface area (Å²) >= 11 is 0. The zero-order chi connectivity index (χ0) is 15.8. The summed E-state index contributed by atoms with van der Waals surface area (Å²) in [6.45, 7) is 1.43. The van der Waals surface area contributed by atoms with E-state index >= 15 is 0 Å². The number of para-hydroxylation sites is 1. The second-order valence-electron chi connectivity index (χ2n) is 4.69. The maximum atomic E-state index is 11.4. The first-order valence-electron chi connectivity index (χ1n) is 7.12. The summed E-state index contributed by atoms with van der Waals surface area (Å²) in [5.74, 6) is -0.319. The number of nitrogens with one attached hydrogen (secondary N) is 1. The van der Waals surface area contributed by atoms with Gasteiger partial charge in [0.2, 0.25) is 0 Å². The number of methoxy groups -OCH3 is 1. The summed E-state index contributed by atoms with van der Waals surface area (Å²) < 4.78 is 9.92. The van der Waals surface area contributed by atoms with Crippen LogP contribution in [0.1, 0.15) is 5.69 Å². The van der Waals surface area contributed by atoms with Gasteiger partial charge in [0, 0.05) is 17.6 Å². The standard InChI is InChI=1S/C16H20N2O4/c1-21-16(20)11-12-10-15(17-6-8-22-9-7-19)13-4-2-3-5-14(13)18-12/h2-5,10,19H,6-9,11H2,1H3,(H,17,18). The van der Waals surface area contributed by atoms with Crippen LogP contribution in [-0.2, 0) is 20.7 Å². The zero-order valence-electron chi connectivity index (χ0n) is 12.5. The van der Waals surface area contributed by atoms with Crippen molar-refractivity contribution in [1.29, 1.82) is 0 Å². The summed E-state index contributed by atoms with van der Waals surface area (Å²) in [6.07, 6.45) is 0.136. The predicted octanol–water partition coefficient (Wildman–Crippen LogP) is 1.37. The third kappa shape index (κ3) is 4.41. The fourth-order valence-corrected chi connectivity index (χ4v) is 2.11. The van der Waals surface area contributed by atoms with Crippen molar-refractivity contribution in [3.63, 3.8) is 0 Å². The molecule has 22 heavy (non-hydrogen) atoms. The first kappa shape index (κ1) is 16.2. The van der Waals surface area contributed by atoms with Crippen molar-refractivity contribution < 1.29 is 19.4 Å². The lowest BCUT2D eigenvalue weighted by Crippen LogP contribution is -2.12. The molecule has 0 saturated heterocycles. The summed E-state index contributed by atoms with van der Waals surface area (Å²) in [4.78, 5) is 15.9. The van der Waals surface area contributed by atoms with E-state index in [9.17, 15) is 4.79 Å². The molecule has 6 nitrogen and oxygen atoms in total. The van der Waals surface area contributed by atoms with Crippen molar-refractivity contribution in [2.75, 3.05) is 38.8 Å². The van der Waals surface area contributed by atoms with E-state index in [1.807, 2.05) is 30.3 Å². The van der Waals surface area contributed by atoms with Gasteiger partial charge in [0.1, 0.15) is 0 Å². The van der Waals surface area contributed by atoms with Crippen molar-refractivity contribution in [2.45, 2.75) is 6.42 Å². The number of ether oxygens (including phenoxy) is 2. The van der Waals surface area contributed by atoms with Crippen molar-refractivity contribution >= 4 is 22.6 Å². The largest absolute Gasteiger partial charge is 0.469 e. The highest BCUT2D eigenvalue weighted by Crippen LogP contribution is 2.23. The smallest absolute Gasteiger partial charge is 0.311 e. The highest BCUT2D eigenvalue weighted by atomic mass is 16.5. The van der Waals surface area contributed by atoms with Crippen LogP contribution >= 0.6 is 0 Å². The van der Waals surface area contributed by atoms with Crippen LogP contribution in [0.4, 0.5) is 5.69 Å². The Balaban J connectivity index is 2.16. The van der Waals surface area contributed by atoms with E-state index < -0.39 is 0 Å². The zero-order valence-corrected chi connectivity index (χ0v) is 12.5. The van der Waals surface area contributed by atoms with E-state index in [2.05, 4.69) is 15.0 Å². The van der Waals surface area contributed by atoms with Gasteiger partial charge in [0.05, 0.1) is 44.6 Å². The molecule has 0 aliphatic heterocycles. The molecule has 0 amide bonds. The minimum atomic E-state index is -0.319. The Bertz CT molecular complexity index is 631. The molecular weight excluding hydrogens is 284 g/mol. The molecule has 2 aromatic rings. The Hall–Kier alpha value is -2.18. The molecular formula is C16H20N2O4. The van der Waals surface area contributed by atoms with E-state index in [0.29, 0.717) is 25.5 Å². The summed E-state index contributed by atoms with van der Waals surface area (Å²) in [6, 6.07) is 9.58. The van der Waals surface area contributed by atoms with E-state index in [1.54, 1.807) is 0 Å². The van der Waals surface area contributed by atoms with Gasteiger partial charge in [-0.3, -0.25) is 9.78 Å². The Morgan fingerprint density at radius 3 is 2.91 bits per heavy atom. The number of carbonyl (C=O) groups excluding carboxylic acids is 1. The van der Waals surface area contributed by atoms with Crippen LogP contribution in [0.3, 0.4) is 0 Å². The Morgan fingerprint density at radius 1 is 1.32 bits per heavy atom. The summed E-state index contributed by atoms with van der Waals surface area (Å²) in [7, 11) is 1.36. The quantitative estimate of drug-likeness (QED) is 0.566. The second-order valence-corrected chi connectivity index (χ2v) is 4.69. The molecule has 0 aliphatic carbocycles. The number of benzene rings is 1. The predicted molar refractivity (Wildman–Crippen MR) is 83.9 cm³/mol. The number of hydrogen-bond donors (Lipinski definition) is 2. The fraction of sp³-hybridized carbons (Fsp3) is 0.375. The van der Waals surface area contributed by atoms with Gasteiger partial charge in [-0.05, 0) is 12.1 Å². The number of aromatic nitrogens is 1. The molecule has 2 N–H and O–H groups in total. The molecule has 0 bridgehead atoms. The highest BCUT2D eigenvalue weighted by molar-refractivity contribution is 5.92. The lowest BCUT2D eigenvalue weighted by molar-refractivity contribution is -0.139. The lowest BCUT2D eigenvalue weighted by atomic mass is 10.1. The van der Waals surface area contributed by atoms with Crippen LogP contribution in [0.25, 0.3) is 10.9 Å². The van der Waals surface area contributed by atoms with E-state index in [4.69, 9.17) is 9.84 Å². The van der Waals surface area contributed by atoms with Crippen LogP contribution in [0.15, 0.2) is 30.3 Å². The molecule has 0 aliphatic rings. The summed E-state index contributed by atoms with van der Waals surface area (Å²) in [5, 5.41) is 12.9. The number of esters is 1. The van der Waals surface area contributed by atoms with Gasteiger partial charge in [-0.25, -0.2) is 0 Å². The third-order valence-electron chi connectivity index (χ3n) is 3.12. The van der Waals surface area contributed by atoms with Crippen molar-refractivity contribution in [3.8, 4) is 0 Å². The highest BCUT2D eigenvalue weighted by Gasteiger charge is 2.09. The SMILES string of the molecule is COC(=O)Cc1cc(NCCOCCO)c2ccccc2n1. The van der Waals surface area contributed by atoms with Crippen LogP contribution in [-0.4, -0.2) is 49.5 Å². The maximum Gasteiger partial charge on any atom is 0.311 e. The Kier molecular flexibility index (Phi) is 6.12. The van der Waals surface area contributed by atoms with Gasteiger partial charge in [0.25, 0.3) is 0 Å². The van der Waals surface area contributed by atoms with Crippen LogP contribution in [0.2, 0.25) is 0 Å². The van der Waals surface area contributed by atoms with E-state index in [1.165, 1.54) is 7.11 Å². The minimum Gasteiger partial charge on any atom is -0.469 e. The van der Waals surface area contributed by atoms with Gasteiger partial charge in [0.15, 0.2) is 0 Å². The average Bonchev–Trinajstić information content (AvgIpc) is 2.54. The molecule has 118 valence electrons. The number of anilines is 1. The van der Waals surface area contributed by atoms with Crippen LogP contribution < -0.4 is 5.32 Å². The minimum absolute atomic E-state index is 0.0153. The molecule has 6 heteroatoms. The molecule has 1 aromatic carbocycles. The Labute approximate surface area is 129 Å². The second kappa shape index (κ2) is 8.31. The van der Waals surface area contributed by atoms with E-state index in [-0.39, 0.29) is 19.0 Å². The van der Waals surface area contributed by atoms with Crippen molar-refractivity contribution in [3.05, 3.63) is 36.0 Å². The maximum absolute atomic E-state index is 11.4. The Morgan fingerprint density at radius 2 is 2.14 bits per heavy atom. The number of aliphatic hydroxyl groups excluding tert-OH is 1. The number of aliphatic hydroxyl groups is 1. The number of hydrogen-bond acceptors (Lipinski definition) is 6. The molecule has 1 aromatic heterocycles. The monoisotopic (exact) mass is 304 g/mol. The molecule has 0 atom stereocenters. The number of nitrogens with zero attached hydrogens (tertiary/aromatic N) is 1. The number of rotatable bonds is 8. The summed E-state index contributed by atoms with van der Waals surface area (Å²) in [5.41, 5.74) is 2.38. The molecule has 2 rings (SSSR count). The van der Waals surface area contributed by atoms with Crippen LogP contribution in [0.5, 0.6) is 0 Å². The van der Waals surface area contributed by atoms with Crippen molar-refractivity contribution in [1.82, 2.24) is 4.98 Å². The number of fused-ring (bicyclic) bond motifs is 1. The number of pyridine rings is 1. The van der Waals surface area contributed by atoms with Gasteiger partial charge >= 0.3 is 5.97 Å². The molecule has 1 heterocycles. The van der Waals surface area contributed by atoms with Gasteiger partial charge in [-0.15, -0.1) is 0 Å².